The number of hydrogen-bond donors (Lipinski definition) is 1. The van der Waals surface area contributed by atoms with Gasteiger partial charge in [-0.15, -0.1) is 0 Å². The molecule has 0 unspecified atom stereocenters. The summed E-state index contributed by atoms with van der Waals surface area (Å²) in [4.78, 5) is 10.8. The van der Waals surface area contributed by atoms with E-state index in [1.54, 1.807) is 26.4 Å². The van der Waals surface area contributed by atoms with Gasteiger partial charge in [-0.1, -0.05) is 13.3 Å². The van der Waals surface area contributed by atoms with Crippen molar-refractivity contribution < 1.29 is 28.8 Å². The fourth-order valence-electron chi connectivity index (χ4n) is 1.97. The summed E-state index contributed by atoms with van der Waals surface area (Å²) in [5.41, 5.74) is 0.222. The monoisotopic (exact) mass is 326 g/mol. The summed E-state index contributed by atoms with van der Waals surface area (Å²) in [7, 11) is 3.21. The smallest absolute Gasteiger partial charge is 0.335 e. The van der Waals surface area contributed by atoms with Gasteiger partial charge in [0.25, 0.3) is 0 Å². The topological polar surface area (TPSA) is 74.2 Å². The Bertz CT molecular complexity index is 445. The molecule has 2 atom stereocenters. The Kier molecular flexibility index (Phi) is 9.28. The number of aromatic carboxylic acids is 1. The highest BCUT2D eigenvalue weighted by Crippen LogP contribution is 2.14. The Labute approximate surface area is 137 Å². The Morgan fingerprint density at radius 1 is 1.09 bits per heavy atom. The molecule has 0 aliphatic carbocycles. The van der Waals surface area contributed by atoms with Gasteiger partial charge in [0.15, 0.2) is 0 Å². The lowest BCUT2D eigenvalue weighted by Crippen LogP contribution is -2.38. The van der Waals surface area contributed by atoms with Gasteiger partial charge < -0.3 is 24.1 Å². The Morgan fingerprint density at radius 3 is 2.22 bits per heavy atom. The third-order valence-electron chi connectivity index (χ3n) is 3.46. The van der Waals surface area contributed by atoms with Gasteiger partial charge in [0.05, 0.1) is 12.2 Å². The van der Waals surface area contributed by atoms with Crippen LogP contribution < -0.4 is 4.74 Å². The van der Waals surface area contributed by atoms with E-state index in [4.69, 9.17) is 24.1 Å². The van der Waals surface area contributed by atoms with Gasteiger partial charge in [-0.3, -0.25) is 0 Å². The van der Waals surface area contributed by atoms with Crippen LogP contribution in [-0.2, 0) is 14.2 Å². The number of ether oxygens (including phenoxy) is 4. The van der Waals surface area contributed by atoms with Gasteiger partial charge in [0.1, 0.15) is 24.6 Å². The number of unbranched alkanes of at least 4 members (excludes halogenated alkanes) is 1. The Morgan fingerprint density at radius 2 is 1.70 bits per heavy atom. The summed E-state index contributed by atoms with van der Waals surface area (Å²) in [5.74, 6) is -0.381. The first-order chi connectivity index (χ1) is 11.1. The standard InChI is InChI=1S/C17H26O6/c1-4-5-10-22-11-15(20-2)16(21-3)12-23-14-8-6-13(7-9-14)17(18)19/h6-9,15-16H,4-5,10-12H2,1-3H3,(H,18,19)/t15-,16-/m0/s1. The van der Waals surface area contributed by atoms with Crippen molar-refractivity contribution in [2.24, 2.45) is 0 Å². The van der Waals surface area contributed by atoms with Crippen LogP contribution in [0, 0.1) is 0 Å². The number of carboxylic acids is 1. The molecular weight excluding hydrogens is 300 g/mol. The summed E-state index contributed by atoms with van der Waals surface area (Å²) >= 11 is 0. The molecule has 0 saturated heterocycles. The molecule has 0 fully saturated rings. The van der Waals surface area contributed by atoms with Gasteiger partial charge in [0.2, 0.25) is 0 Å². The molecule has 6 heteroatoms. The maximum Gasteiger partial charge on any atom is 0.335 e. The quantitative estimate of drug-likeness (QED) is 0.595. The molecule has 1 rings (SSSR count). The van der Waals surface area contributed by atoms with Crippen LogP contribution in [0.5, 0.6) is 5.75 Å². The van der Waals surface area contributed by atoms with E-state index in [1.807, 2.05) is 0 Å². The largest absolute Gasteiger partial charge is 0.491 e. The van der Waals surface area contributed by atoms with Crippen LogP contribution in [0.15, 0.2) is 24.3 Å². The van der Waals surface area contributed by atoms with Crippen molar-refractivity contribution in [3.8, 4) is 5.75 Å². The molecule has 0 spiro atoms. The minimum atomic E-state index is -0.963. The molecule has 0 amide bonds. The average Bonchev–Trinajstić information content (AvgIpc) is 2.57. The predicted molar refractivity (Wildman–Crippen MR) is 86.2 cm³/mol. The van der Waals surface area contributed by atoms with Crippen molar-refractivity contribution in [2.45, 2.75) is 32.0 Å². The Hall–Kier alpha value is -1.63. The number of methoxy groups -OCH3 is 2. The van der Waals surface area contributed by atoms with Gasteiger partial charge in [0, 0.05) is 20.8 Å². The van der Waals surface area contributed by atoms with Crippen LogP contribution in [0.2, 0.25) is 0 Å². The summed E-state index contributed by atoms with van der Waals surface area (Å²) in [6, 6.07) is 6.24. The number of carbonyl (C=O) groups is 1. The molecule has 1 aromatic rings. The molecule has 1 N–H and O–H groups in total. The summed E-state index contributed by atoms with van der Waals surface area (Å²) in [6.45, 7) is 3.54. The summed E-state index contributed by atoms with van der Waals surface area (Å²) in [5, 5.41) is 8.87. The third kappa shape index (κ3) is 6.99. The molecular formula is C17H26O6. The summed E-state index contributed by atoms with van der Waals surface area (Å²) < 4.78 is 22.1. The first-order valence-electron chi connectivity index (χ1n) is 7.71. The number of rotatable bonds is 12. The lowest BCUT2D eigenvalue weighted by molar-refractivity contribution is -0.0885. The van der Waals surface area contributed by atoms with Crippen LogP contribution in [0.1, 0.15) is 30.1 Å². The molecule has 0 bridgehead atoms. The molecule has 1 aromatic carbocycles. The normalized spacial score (nSPS) is 13.5. The minimum Gasteiger partial charge on any atom is -0.491 e. The number of carboxylic acid groups (broad SMARTS) is 1. The lowest BCUT2D eigenvalue weighted by Gasteiger charge is -2.25. The maximum absolute atomic E-state index is 10.8. The van der Waals surface area contributed by atoms with Crippen molar-refractivity contribution in [2.75, 3.05) is 34.0 Å². The first kappa shape index (κ1) is 19.4. The van der Waals surface area contributed by atoms with Gasteiger partial charge >= 0.3 is 5.97 Å². The lowest BCUT2D eigenvalue weighted by atomic mass is 10.2. The predicted octanol–water partition coefficient (Wildman–Crippen LogP) is 2.61. The van der Waals surface area contributed by atoms with E-state index in [1.165, 1.54) is 12.1 Å². The van der Waals surface area contributed by atoms with Gasteiger partial charge in [-0.25, -0.2) is 4.79 Å². The third-order valence-corrected chi connectivity index (χ3v) is 3.46. The molecule has 0 aliphatic heterocycles. The fourth-order valence-corrected chi connectivity index (χ4v) is 1.97. The molecule has 130 valence electrons. The van der Waals surface area contributed by atoms with Gasteiger partial charge in [-0.05, 0) is 30.7 Å². The number of benzene rings is 1. The molecule has 0 aliphatic rings. The van der Waals surface area contributed by atoms with E-state index < -0.39 is 5.97 Å². The first-order valence-corrected chi connectivity index (χ1v) is 7.71. The van der Waals surface area contributed by atoms with E-state index in [-0.39, 0.29) is 17.8 Å². The summed E-state index contributed by atoms with van der Waals surface area (Å²) in [6.07, 6.45) is 1.59. The molecule has 0 saturated carbocycles. The zero-order chi connectivity index (χ0) is 17.1. The van der Waals surface area contributed by atoms with Crippen LogP contribution in [-0.4, -0.2) is 57.3 Å². The van der Waals surface area contributed by atoms with Crippen molar-refractivity contribution in [1.29, 1.82) is 0 Å². The highest BCUT2D eigenvalue weighted by Gasteiger charge is 2.22. The highest BCUT2D eigenvalue weighted by atomic mass is 16.6. The van der Waals surface area contributed by atoms with E-state index in [2.05, 4.69) is 6.92 Å². The van der Waals surface area contributed by atoms with Crippen molar-refractivity contribution in [1.82, 2.24) is 0 Å². The SMILES string of the molecule is CCCCOC[C@H](OC)[C@H](COc1ccc(C(=O)O)cc1)OC. The average molecular weight is 326 g/mol. The van der Waals surface area contributed by atoms with Crippen LogP contribution in [0.3, 0.4) is 0 Å². The van der Waals surface area contributed by atoms with Crippen molar-refractivity contribution in [3.05, 3.63) is 29.8 Å². The second kappa shape index (κ2) is 11.0. The highest BCUT2D eigenvalue weighted by molar-refractivity contribution is 5.87. The fraction of sp³-hybridized carbons (Fsp3) is 0.588. The van der Waals surface area contributed by atoms with Crippen LogP contribution in [0.25, 0.3) is 0 Å². The second-order valence-corrected chi connectivity index (χ2v) is 5.12. The maximum atomic E-state index is 10.8. The molecule has 0 heterocycles. The molecule has 0 radical (unpaired) electrons. The zero-order valence-electron chi connectivity index (χ0n) is 14.0. The van der Waals surface area contributed by atoms with Crippen molar-refractivity contribution >= 4 is 5.97 Å². The molecule has 0 aromatic heterocycles. The zero-order valence-corrected chi connectivity index (χ0v) is 14.0. The van der Waals surface area contributed by atoms with E-state index in [9.17, 15) is 4.79 Å². The van der Waals surface area contributed by atoms with E-state index >= 15 is 0 Å². The van der Waals surface area contributed by atoms with E-state index in [0.29, 0.717) is 25.6 Å². The molecule has 23 heavy (non-hydrogen) atoms. The van der Waals surface area contributed by atoms with Gasteiger partial charge in [-0.2, -0.15) is 0 Å². The van der Waals surface area contributed by atoms with E-state index in [0.717, 1.165) is 12.8 Å². The van der Waals surface area contributed by atoms with Crippen LogP contribution in [0.4, 0.5) is 0 Å². The molecule has 6 nitrogen and oxygen atoms in total. The van der Waals surface area contributed by atoms with Crippen molar-refractivity contribution in [3.63, 3.8) is 0 Å². The van der Waals surface area contributed by atoms with Crippen LogP contribution >= 0.6 is 0 Å². The Balaban J connectivity index is 2.48. The number of hydrogen-bond acceptors (Lipinski definition) is 5. The minimum absolute atomic E-state index is 0.222. The second-order valence-electron chi connectivity index (χ2n) is 5.12.